The summed E-state index contributed by atoms with van der Waals surface area (Å²) in [6.45, 7) is 1.73. The maximum Gasteiger partial charge on any atom is 0.280 e. The third-order valence-electron chi connectivity index (χ3n) is 6.92. The van der Waals surface area contributed by atoms with Crippen molar-refractivity contribution in [1.29, 1.82) is 0 Å². The molecule has 1 saturated carbocycles. The number of hydrogen-bond acceptors (Lipinski definition) is 7. The van der Waals surface area contributed by atoms with Gasteiger partial charge in [-0.2, -0.15) is 0 Å². The number of carbonyl (C=O) groups excluding carboxylic acids is 2. The average Bonchev–Trinajstić information content (AvgIpc) is 3.54. The van der Waals surface area contributed by atoms with Crippen LogP contribution in [0, 0.1) is 5.92 Å². The van der Waals surface area contributed by atoms with E-state index in [2.05, 4.69) is 37.9 Å². The van der Waals surface area contributed by atoms with Crippen LogP contribution in [0.25, 0.3) is 10.9 Å². The van der Waals surface area contributed by atoms with Crippen molar-refractivity contribution in [1.82, 2.24) is 30.8 Å². The van der Waals surface area contributed by atoms with Gasteiger partial charge in [-0.25, -0.2) is 4.98 Å². The van der Waals surface area contributed by atoms with Crippen LogP contribution in [0.15, 0.2) is 24.3 Å². The molecule has 5 N–H and O–H groups in total. The molecule has 2 aromatic heterocycles. The van der Waals surface area contributed by atoms with Crippen molar-refractivity contribution < 1.29 is 14.7 Å². The molecule has 9 nitrogen and oxygen atoms in total. The number of halogens is 1. The number of fused-ring (bicyclic) bond motifs is 2. The van der Waals surface area contributed by atoms with Crippen molar-refractivity contribution in [2.24, 2.45) is 5.92 Å². The van der Waals surface area contributed by atoms with Crippen molar-refractivity contribution in [2.75, 3.05) is 20.6 Å². The summed E-state index contributed by atoms with van der Waals surface area (Å²) in [5.41, 5.74) is 2.23. The minimum atomic E-state index is -0.728. The first-order valence-electron chi connectivity index (χ1n) is 11.7. The number of aliphatic hydroxyl groups is 1. The molecule has 1 fully saturated rings. The molecule has 5 rings (SSSR count). The zero-order chi connectivity index (χ0) is 24.7. The zero-order valence-corrected chi connectivity index (χ0v) is 21.2. The smallest absolute Gasteiger partial charge is 0.280 e. The Kier molecular flexibility index (Phi) is 6.82. The molecule has 1 aliphatic heterocycles. The van der Waals surface area contributed by atoms with E-state index in [4.69, 9.17) is 11.6 Å². The van der Waals surface area contributed by atoms with Crippen molar-refractivity contribution in [3.05, 3.63) is 50.6 Å². The summed E-state index contributed by atoms with van der Waals surface area (Å²) in [6.07, 6.45) is 1.18. The van der Waals surface area contributed by atoms with Gasteiger partial charge < -0.3 is 25.6 Å². The normalized spacial score (nSPS) is 23.3. The van der Waals surface area contributed by atoms with Crippen LogP contribution in [-0.4, -0.2) is 70.7 Å². The Balaban J connectivity index is 1.32. The minimum absolute atomic E-state index is 0.115. The second-order valence-corrected chi connectivity index (χ2v) is 10.9. The fourth-order valence-electron chi connectivity index (χ4n) is 5.01. The quantitative estimate of drug-likeness (QED) is 0.320. The molecule has 3 aromatic rings. The van der Waals surface area contributed by atoms with E-state index in [-0.39, 0.29) is 29.8 Å². The Morgan fingerprint density at radius 2 is 1.97 bits per heavy atom. The number of H-pyrrole nitrogens is 1. The summed E-state index contributed by atoms with van der Waals surface area (Å²) < 4.78 is 0. The van der Waals surface area contributed by atoms with Crippen LogP contribution in [0.2, 0.25) is 5.02 Å². The van der Waals surface area contributed by atoms with Crippen LogP contribution in [0.3, 0.4) is 0 Å². The molecule has 2 unspecified atom stereocenters. The molecule has 1 aliphatic carbocycles. The van der Waals surface area contributed by atoms with Gasteiger partial charge in [0.05, 0.1) is 5.69 Å². The Morgan fingerprint density at radius 1 is 1.23 bits per heavy atom. The predicted octanol–water partition coefficient (Wildman–Crippen LogP) is 2.11. The van der Waals surface area contributed by atoms with Crippen LogP contribution in [0.1, 0.15) is 43.7 Å². The number of amides is 2. The van der Waals surface area contributed by atoms with E-state index in [1.165, 1.54) is 11.3 Å². The van der Waals surface area contributed by atoms with E-state index in [9.17, 15) is 14.7 Å². The number of benzene rings is 1. The molecule has 0 spiro atoms. The molecular weight excluding hydrogens is 488 g/mol. The van der Waals surface area contributed by atoms with Gasteiger partial charge in [-0.1, -0.05) is 11.6 Å². The summed E-state index contributed by atoms with van der Waals surface area (Å²) in [5.74, 6) is -0.625. The van der Waals surface area contributed by atoms with E-state index in [1.807, 2.05) is 6.07 Å². The number of hydrogen-bond donors (Lipinski definition) is 5. The van der Waals surface area contributed by atoms with E-state index in [1.54, 1.807) is 25.2 Å². The van der Waals surface area contributed by atoms with Gasteiger partial charge in [-0.3, -0.25) is 14.9 Å². The fraction of sp³-hybridized carbons (Fsp3) is 0.458. The molecule has 3 heterocycles. The number of carbonyl (C=O) groups is 2. The predicted molar refractivity (Wildman–Crippen MR) is 136 cm³/mol. The Bertz CT molecular complexity index is 1260. The van der Waals surface area contributed by atoms with Gasteiger partial charge in [-0.05, 0) is 51.2 Å². The van der Waals surface area contributed by atoms with E-state index in [0.29, 0.717) is 28.6 Å². The van der Waals surface area contributed by atoms with Crippen LogP contribution in [0.5, 0.6) is 0 Å². The number of aromatic nitrogens is 2. The van der Waals surface area contributed by atoms with Crippen LogP contribution in [-0.2, 0) is 13.0 Å². The first-order chi connectivity index (χ1) is 16.8. The Hall–Kier alpha value is -2.50. The molecule has 186 valence electrons. The zero-order valence-electron chi connectivity index (χ0n) is 19.6. The van der Waals surface area contributed by atoms with Gasteiger partial charge in [0, 0.05) is 58.3 Å². The number of nitrogens with one attached hydrogen (secondary N) is 4. The van der Waals surface area contributed by atoms with Crippen molar-refractivity contribution in [2.45, 2.75) is 44.1 Å². The average molecular weight is 517 g/mol. The second-order valence-electron chi connectivity index (χ2n) is 9.42. The largest absolute Gasteiger partial charge is 0.378 e. The van der Waals surface area contributed by atoms with E-state index in [0.717, 1.165) is 41.0 Å². The lowest BCUT2D eigenvalue weighted by Crippen LogP contribution is -2.48. The topological polar surface area (TPSA) is 122 Å². The number of aromatic amines is 1. The van der Waals surface area contributed by atoms with Crippen molar-refractivity contribution in [3.63, 3.8) is 0 Å². The SMILES string of the molecule is CNC(O)C1C[C@@H](NC(=O)c2cc3cc(Cl)ccc3[nH]2)[C@H](NC(=O)c2nc3c(s2)CN(C)CC3)C1. The summed E-state index contributed by atoms with van der Waals surface area (Å²) >= 11 is 7.50. The number of likely N-dealkylation sites (N-methyl/N-ethyl adjacent to an activating group) is 1. The molecule has 0 saturated heterocycles. The fourth-order valence-corrected chi connectivity index (χ4v) is 6.28. The summed E-state index contributed by atoms with van der Waals surface area (Å²) in [7, 11) is 3.75. The van der Waals surface area contributed by atoms with Crippen molar-refractivity contribution >= 4 is 45.7 Å². The van der Waals surface area contributed by atoms with Crippen molar-refractivity contribution in [3.8, 4) is 0 Å². The van der Waals surface area contributed by atoms with E-state index < -0.39 is 6.23 Å². The first kappa shape index (κ1) is 24.2. The highest BCUT2D eigenvalue weighted by Gasteiger charge is 2.39. The molecule has 0 radical (unpaired) electrons. The van der Waals surface area contributed by atoms with Gasteiger partial charge in [0.1, 0.15) is 11.9 Å². The lowest BCUT2D eigenvalue weighted by molar-refractivity contribution is 0.0809. The summed E-state index contributed by atoms with van der Waals surface area (Å²) in [5, 5.41) is 21.3. The second kappa shape index (κ2) is 9.87. The van der Waals surface area contributed by atoms with Crippen LogP contribution in [0.4, 0.5) is 0 Å². The number of rotatable bonds is 6. The molecule has 2 amide bonds. The molecule has 11 heteroatoms. The number of aliphatic hydroxyl groups excluding tert-OH is 1. The van der Waals surface area contributed by atoms with Gasteiger partial charge in [-0.15, -0.1) is 11.3 Å². The lowest BCUT2D eigenvalue weighted by atomic mass is 10.1. The lowest BCUT2D eigenvalue weighted by Gasteiger charge is -2.21. The Morgan fingerprint density at radius 3 is 2.71 bits per heavy atom. The van der Waals surface area contributed by atoms with Gasteiger partial charge in [0.2, 0.25) is 0 Å². The van der Waals surface area contributed by atoms with Crippen LogP contribution >= 0.6 is 22.9 Å². The molecule has 1 aromatic carbocycles. The third kappa shape index (κ3) is 5.07. The maximum atomic E-state index is 13.1. The first-order valence-corrected chi connectivity index (χ1v) is 12.9. The highest BCUT2D eigenvalue weighted by Crippen LogP contribution is 2.30. The van der Waals surface area contributed by atoms with Crippen LogP contribution < -0.4 is 16.0 Å². The monoisotopic (exact) mass is 516 g/mol. The summed E-state index contributed by atoms with van der Waals surface area (Å²) in [6, 6.07) is 6.49. The van der Waals surface area contributed by atoms with E-state index >= 15 is 0 Å². The highest BCUT2D eigenvalue weighted by atomic mass is 35.5. The molecule has 2 aliphatic rings. The molecule has 4 atom stereocenters. The maximum absolute atomic E-state index is 13.1. The Labute approximate surface area is 212 Å². The minimum Gasteiger partial charge on any atom is -0.378 e. The number of thiazole rings is 1. The number of nitrogens with zero attached hydrogens (tertiary/aromatic N) is 2. The standard InChI is InChI=1S/C24H29ClN6O3S/c1-26-21(32)13-9-17(28-22(33)19-8-12-7-14(25)3-4-15(12)27-19)18(10-13)29-23(34)24-30-16-5-6-31(2)11-20(16)35-24/h3-4,7-8,13,17-18,21,26-27,32H,5-6,9-11H2,1-2H3,(H,28,33)(H,29,34)/t13?,17-,18-,21?/m1/s1. The highest BCUT2D eigenvalue weighted by molar-refractivity contribution is 7.13. The third-order valence-corrected chi connectivity index (χ3v) is 8.23. The molecule has 35 heavy (non-hydrogen) atoms. The van der Waals surface area contributed by atoms with Gasteiger partial charge in [0.25, 0.3) is 11.8 Å². The van der Waals surface area contributed by atoms with Gasteiger partial charge in [0.15, 0.2) is 5.01 Å². The summed E-state index contributed by atoms with van der Waals surface area (Å²) in [4.78, 5) is 37.2. The molecular formula is C24H29ClN6O3S. The van der Waals surface area contributed by atoms with Gasteiger partial charge >= 0.3 is 0 Å². The molecule has 0 bridgehead atoms.